The highest BCUT2D eigenvalue weighted by Gasteiger charge is 2.09. The summed E-state index contributed by atoms with van der Waals surface area (Å²) in [6.07, 6.45) is 0.871. The highest BCUT2D eigenvalue weighted by Crippen LogP contribution is 2.22. The molecule has 0 unspecified atom stereocenters. The van der Waals surface area contributed by atoms with E-state index in [4.69, 9.17) is 15.2 Å². The van der Waals surface area contributed by atoms with Crippen LogP contribution in [0.5, 0.6) is 5.75 Å². The number of rotatable bonds is 7. The van der Waals surface area contributed by atoms with Gasteiger partial charge < -0.3 is 15.2 Å². The molecule has 1 aromatic carbocycles. The van der Waals surface area contributed by atoms with Crippen molar-refractivity contribution in [3.63, 3.8) is 0 Å². The van der Waals surface area contributed by atoms with Crippen LogP contribution < -0.4 is 10.5 Å². The maximum absolute atomic E-state index is 11.7. The predicted octanol–water partition coefficient (Wildman–Crippen LogP) is 2.58. The van der Waals surface area contributed by atoms with E-state index in [9.17, 15) is 4.79 Å². The zero-order valence-electron chi connectivity index (χ0n) is 10.8. The third kappa shape index (κ3) is 4.49. The lowest BCUT2D eigenvalue weighted by atomic mass is 10.2. The van der Waals surface area contributed by atoms with Crippen LogP contribution >= 0.6 is 11.8 Å². The Morgan fingerprint density at radius 2 is 2.22 bits per heavy atom. The van der Waals surface area contributed by atoms with Crippen molar-refractivity contribution in [1.82, 2.24) is 0 Å². The van der Waals surface area contributed by atoms with Gasteiger partial charge in [0.1, 0.15) is 5.75 Å². The van der Waals surface area contributed by atoms with E-state index < -0.39 is 0 Å². The molecule has 0 bridgehead atoms. The Labute approximate surface area is 112 Å². The minimum atomic E-state index is -0.342. The summed E-state index contributed by atoms with van der Waals surface area (Å²) >= 11 is 1.84. The lowest BCUT2D eigenvalue weighted by Gasteiger charge is -2.07. The van der Waals surface area contributed by atoms with Crippen LogP contribution in [-0.4, -0.2) is 31.2 Å². The lowest BCUT2D eigenvalue weighted by Crippen LogP contribution is -2.08. The van der Waals surface area contributed by atoms with Crippen LogP contribution in [0.15, 0.2) is 18.2 Å². The van der Waals surface area contributed by atoms with Crippen molar-refractivity contribution >= 4 is 23.4 Å². The molecule has 2 N–H and O–H groups in total. The van der Waals surface area contributed by atoms with E-state index in [-0.39, 0.29) is 5.97 Å². The van der Waals surface area contributed by atoms with Crippen LogP contribution in [0.1, 0.15) is 23.7 Å². The van der Waals surface area contributed by atoms with Crippen molar-refractivity contribution in [3.8, 4) is 5.75 Å². The van der Waals surface area contributed by atoms with Crippen LogP contribution in [0, 0.1) is 0 Å². The van der Waals surface area contributed by atoms with Gasteiger partial charge >= 0.3 is 5.97 Å². The maximum Gasteiger partial charge on any atom is 0.338 e. The van der Waals surface area contributed by atoms with Crippen molar-refractivity contribution in [2.45, 2.75) is 13.3 Å². The van der Waals surface area contributed by atoms with E-state index in [0.717, 1.165) is 17.9 Å². The molecule has 0 radical (unpaired) electrons. The number of nitrogen functional groups attached to an aromatic ring is 1. The van der Waals surface area contributed by atoms with E-state index in [1.54, 1.807) is 18.2 Å². The topological polar surface area (TPSA) is 61.5 Å². The standard InChI is InChI=1S/C13H19NO3S/c1-3-18-8-4-7-17-13(15)10-5-6-12(16-2)11(14)9-10/h5-6,9H,3-4,7-8,14H2,1-2H3. The molecule has 0 heterocycles. The quantitative estimate of drug-likeness (QED) is 0.468. The van der Waals surface area contributed by atoms with Gasteiger partial charge in [-0.05, 0) is 36.1 Å². The Bertz CT molecular complexity index is 396. The average Bonchev–Trinajstić information content (AvgIpc) is 2.38. The van der Waals surface area contributed by atoms with Gasteiger partial charge in [0.2, 0.25) is 0 Å². The molecule has 1 aromatic rings. The van der Waals surface area contributed by atoms with Crippen molar-refractivity contribution in [1.29, 1.82) is 0 Å². The summed E-state index contributed by atoms with van der Waals surface area (Å²) in [6, 6.07) is 4.89. The fourth-order valence-electron chi connectivity index (χ4n) is 1.41. The summed E-state index contributed by atoms with van der Waals surface area (Å²) in [5.41, 5.74) is 6.62. The molecule has 0 amide bonds. The van der Waals surface area contributed by atoms with Crippen LogP contribution in [-0.2, 0) is 4.74 Å². The van der Waals surface area contributed by atoms with E-state index in [1.165, 1.54) is 7.11 Å². The largest absolute Gasteiger partial charge is 0.495 e. The third-order valence-corrected chi connectivity index (χ3v) is 3.32. The highest BCUT2D eigenvalue weighted by molar-refractivity contribution is 7.99. The molecule has 0 atom stereocenters. The van der Waals surface area contributed by atoms with Gasteiger partial charge in [0.25, 0.3) is 0 Å². The molecule has 5 heteroatoms. The number of nitrogens with two attached hydrogens (primary N) is 1. The number of carbonyl (C=O) groups is 1. The van der Waals surface area contributed by atoms with Gasteiger partial charge in [0.05, 0.1) is 25.0 Å². The number of hydrogen-bond acceptors (Lipinski definition) is 5. The molecule has 18 heavy (non-hydrogen) atoms. The molecule has 100 valence electrons. The van der Waals surface area contributed by atoms with Gasteiger partial charge in [0, 0.05) is 0 Å². The Hall–Kier alpha value is -1.36. The van der Waals surface area contributed by atoms with Crippen LogP contribution in [0.3, 0.4) is 0 Å². The molecule has 0 aliphatic carbocycles. The van der Waals surface area contributed by atoms with Gasteiger partial charge in [-0.1, -0.05) is 6.92 Å². The number of ether oxygens (including phenoxy) is 2. The zero-order chi connectivity index (χ0) is 13.4. The minimum absolute atomic E-state index is 0.342. The van der Waals surface area contributed by atoms with Gasteiger partial charge in [-0.15, -0.1) is 0 Å². The van der Waals surface area contributed by atoms with Crippen molar-refractivity contribution in [2.75, 3.05) is 31.0 Å². The Balaban J connectivity index is 2.44. The summed E-state index contributed by atoms with van der Waals surface area (Å²) in [5, 5.41) is 0. The first-order chi connectivity index (χ1) is 8.69. The first kappa shape index (κ1) is 14.7. The van der Waals surface area contributed by atoms with Crippen LogP contribution in [0.25, 0.3) is 0 Å². The predicted molar refractivity (Wildman–Crippen MR) is 75.3 cm³/mol. The molecule has 0 saturated heterocycles. The highest BCUT2D eigenvalue weighted by atomic mass is 32.2. The smallest absolute Gasteiger partial charge is 0.338 e. The zero-order valence-corrected chi connectivity index (χ0v) is 11.6. The average molecular weight is 269 g/mol. The minimum Gasteiger partial charge on any atom is -0.495 e. The number of benzene rings is 1. The number of thioether (sulfide) groups is 1. The summed E-state index contributed by atoms with van der Waals surface area (Å²) in [4.78, 5) is 11.7. The Morgan fingerprint density at radius 3 is 2.83 bits per heavy atom. The molecular weight excluding hydrogens is 250 g/mol. The second-order valence-corrected chi connectivity index (χ2v) is 5.04. The second-order valence-electron chi connectivity index (χ2n) is 3.64. The van der Waals surface area contributed by atoms with Crippen molar-refractivity contribution in [2.24, 2.45) is 0 Å². The van der Waals surface area contributed by atoms with Crippen molar-refractivity contribution in [3.05, 3.63) is 23.8 Å². The molecule has 0 aliphatic rings. The Morgan fingerprint density at radius 1 is 1.44 bits per heavy atom. The number of methoxy groups -OCH3 is 1. The number of esters is 1. The van der Waals surface area contributed by atoms with E-state index in [1.807, 2.05) is 11.8 Å². The van der Waals surface area contributed by atoms with Gasteiger partial charge in [0.15, 0.2) is 0 Å². The molecule has 0 aromatic heterocycles. The maximum atomic E-state index is 11.7. The van der Waals surface area contributed by atoms with Crippen LogP contribution in [0.2, 0.25) is 0 Å². The molecule has 0 saturated carbocycles. The SMILES string of the molecule is CCSCCCOC(=O)c1ccc(OC)c(N)c1. The number of anilines is 1. The lowest BCUT2D eigenvalue weighted by molar-refractivity contribution is 0.0506. The normalized spacial score (nSPS) is 10.1. The van der Waals surface area contributed by atoms with E-state index in [0.29, 0.717) is 23.6 Å². The Kier molecular flexibility index (Phi) is 6.43. The second kappa shape index (κ2) is 7.87. The molecular formula is C13H19NO3S. The molecule has 1 rings (SSSR count). The van der Waals surface area contributed by atoms with Gasteiger partial charge in [-0.25, -0.2) is 4.79 Å². The van der Waals surface area contributed by atoms with Gasteiger partial charge in [-0.3, -0.25) is 0 Å². The molecule has 0 fully saturated rings. The summed E-state index contributed by atoms with van der Waals surface area (Å²) in [6.45, 7) is 2.55. The molecule has 0 spiro atoms. The number of hydrogen-bond donors (Lipinski definition) is 1. The first-order valence-corrected chi connectivity index (χ1v) is 7.03. The summed E-state index contributed by atoms with van der Waals surface area (Å²) in [7, 11) is 1.54. The monoisotopic (exact) mass is 269 g/mol. The van der Waals surface area contributed by atoms with E-state index in [2.05, 4.69) is 6.92 Å². The number of carbonyl (C=O) groups excluding carboxylic acids is 1. The van der Waals surface area contributed by atoms with E-state index >= 15 is 0 Å². The van der Waals surface area contributed by atoms with Crippen molar-refractivity contribution < 1.29 is 14.3 Å². The molecule has 4 nitrogen and oxygen atoms in total. The molecule has 0 aliphatic heterocycles. The summed E-state index contributed by atoms with van der Waals surface area (Å²) in [5.74, 6) is 2.31. The summed E-state index contributed by atoms with van der Waals surface area (Å²) < 4.78 is 10.2. The van der Waals surface area contributed by atoms with Crippen LogP contribution in [0.4, 0.5) is 5.69 Å². The third-order valence-electron chi connectivity index (χ3n) is 2.34. The fourth-order valence-corrected chi connectivity index (χ4v) is 2.03. The van der Waals surface area contributed by atoms with Gasteiger partial charge in [-0.2, -0.15) is 11.8 Å². The fraction of sp³-hybridized carbons (Fsp3) is 0.462. The first-order valence-electron chi connectivity index (χ1n) is 5.87.